The van der Waals surface area contributed by atoms with Crippen LogP contribution < -0.4 is 10.1 Å². The molecule has 0 saturated carbocycles. The predicted octanol–water partition coefficient (Wildman–Crippen LogP) is 4.03. The number of hydrogen-bond acceptors (Lipinski definition) is 4. The van der Waals surface area contributed by atoms with Crippen LogP contribution in [-0.4, -0.2) is 18.6 Å². The largest absolute Gasteiger partial charge is 0.485 e. The van der Waals surface area contributed by atoms with Crippen molar-refractivity contribution in [1.82, 2.24) is 10.3 Å². The lowest BCUT2D eigenvalue weighted by Crippen LogP contribution is -2.16. The molecule has 0 fully saturated rings. The Balaban J connectivity index is 1.90. The highest BCUT2D eigenvalue weighted by atomic mass is 32.1. The van der Waals surface area contributed by atoms with Gasteiger partial charge < -0.3 is 10.1 Å². The topological polar surface area (TPSA) is 34.1 Å². The lowest BCUT2D eigenvalue weighted by Gasteiger charge is -2.19. The molecule has 0 bridgehead atoms. The zero-order valence-electron chi connectivity index (χ0n) is 12.0. The average Bonchev–Trinajstić information content (AvgIpc) is 3.06. The molecule has 0 saturated heterocycles. The van der Waals surface area contributed by atoms with Crippen LogP contribution in [-0.2, 0) is 0 Å². The third-order valence-electron chi connectivity index (χ3n) is 3.48. The van der Waals surface area contributed by atoms with Gasteiger partial charge in [-0.3, -0.25) is 4.98 Å². The van der Waals surface area contributed by atoms with Crippen LogP contribution in [0.2, 0.25) is 0 Å². The minimum absolute atomic E-state index is 0.0717. The number of thiophene rings is 1. The second-order valence-corrected chi connectivity index (χ2v) is 5.69. The van der Waals surface area contributed by atoms with E-state index in [9.17, 15) is 0 Å². The van der Waals surface area contributed by atoms with E-state index >= 15 is 0 Å². The van der Waals surface area contributed by atoms with Crippen molar-refractivity contribution in [3.63, 3.8) is 0 Å². The molecule has 3 aromatic rings. The molecule has 0 aliphatic rings. The Morgan fingerprint density at radius 3 is 3.05 bits per heavy atom. The van der Waals surface area contributed by atoms with Gasteiger partial charge in [-0.15, -0.1) is 0 Å². The maximum atomic E-state index is 6.31. The molecule has 21 heavy (non-hydrogen) atoms. The molecule has 0 radical (unpaired) electrons. The van der Waals surface area contributed by atoms with Crippen LogP contribution in [0, 0.1) is 0 Å². The summed E-state index contributed by atoms with van der Waals surface area (Å²) in [7, 11) is 1.97. The lowest BCUT2D eigenvalue weighted by atomic mass is 10.1. The maximum absolute atomic E-state index is 6.31. The van der Waals surface area contributed by atoms with Crippen LogP contribution in [0.4, 0.5) is 0 Å². The van der Waals surface area contributed by atoms with Crippen molar-refractivity contribution < 1.29 is 4.74 Å². The molecule has 3 rings (SSSR count). The maximum Gasteiger partial charge on any atom is 0.128 e. The van der Waals surface area contributed by atoms with E-state index in [4.69, 9.17) is 4.74 Å². The summed E-state index contributed by atoms with van der Waals surface area (Å²) in [4.78, 5) is 4.17. The van der Waals surface area contributed by atoms with Gasteiger partial charge in [-0.05, 0) is 42.6 Å². The van der Waals surface area contributed by atoms with E-state index in [0.717, 1.165) is 29.5 Å². The van der Waals surface area contributed by atoms with Crippen LogP contribution in [0.15, 0.2) is 53.5 Å². The predicted molar refractivity (Wildman–Crippen MR) is 88.0 cm³/mol. The Kier molecular flexibility index (Phi) is 4.48. The Bertz CT molecular complexity index is 692. The number of nitrogens with zero attached hydrogens (tertiary/aromatic N) is 1. The molecular weight excluding hydrogens is 280 g/mol. The third-order valence-corrected chi connectivity index (χ3v) is 4.18. The number of ether oxygens (including phenoxy) is 1. The van der Waals surface area contributed by atoms with Crippen LogP contribution >= 0.6 is 11.3 Å². The number of benzene rings is 1. The van der Waals surface area contributed by atoms with E-state index in [2.05, 4.69) is 33.2 Å². The van der Waals surface area contributed by atoms with Gasteiger partial charge in [0.2, 0.25) is 0 Å². The van der Waals surface area contributed by atoms with E-state index in [-0.39, 0.29) is 6.10 Å². The molecule has 108 valence electrons. The van der Waals surface area contributed by atoms with Crippen molar-refractivity contribution in [1.29, 1.82) is 0 Å². The number of hydrogen-bond donors (Lipinski definition) is 1. The number of rotatable bonds is 6. The van der Waals surface area contributed by atoms with Crippen LogP contribution in [0.3, 0.4) is 0 Å². The van der Waals surface area contributed by atoms with Crippen molar-refractivity contribution in [3.05, 3.63) is 59.0 Å². The lowest BCUT2D eigenvalue weighted by molar-refractivity contribution is 0.198. The minimum Gasteiger partial charge on any atom is -0.485 e. The second kappa shape index (κ2) is 6.70. The molecule has 1 aromatic carbocycles. The fraction of sp³-hybridized carbons (Fsp3) is 0.235. The standard InChI is InChI=1S/C17H18N2OS/c1-18-8-6-16(14-7-10-21-12-14)20-17-4-2-3-13-11-19-9-5-15(13)17/h2-5,7,9-12,16,18H,6,8H2,1H3/t16-/m0/s1. The van der Waals surface area contributed by atoms with E-state index in [1.54, 1.807) is 11.3 Å². The van der Waals surface area contributed by atoms with Crippen molar-refractivity contribution in [2.24, 2.45) is 0 Å². The first kappa shape index (κ1) is 14.0. The van der Waals surface area contributed by atoms with Gasteiger partial charge in [-0.1, -0.05) is 12.1 Å². The summed E-state index contributed by atoms with van der Waals surface area (Å²) < 4.78 is 6.31. The number of fused-ring (bicyclic) bond motifs is 1. The monoisotopic (exact) mass is 298 g/mol. The number of pyridine rings is 1. The zero-order chi connectivity index (χ0) is 14.5. The van der Waals surface area contributed by atoms with Crippen molar-refractivity contribution >= 4 is 22.1 Å². The molecule has 0 unspecified atom stereocenters. The van der Waals surface area contributed by atoms with E-state index in [1.807, 2.05) is 37.6 Å². The third kappa shape index (κ3) is 3.23. The highest BCUT2D eigenvalue weighted by molar-refractivity contribution is 7.07. The summed E-state index contributed by atoms with van der Waals surface area (Å²) in [5.74, 6) is 0.919. The quantitative estimate of drug-likeness (QED) is 0.746. The van der Waals surface area contributed by atoms with Gasteiger partial charge in [0.1, 0.15) is 11.9 Å². The SMILES string of the molecule is CNCC[C@H](Oc1cccc2cnccc12)c1ccsc1. The molecule has 3 nitrogen and oxygen atoms in total. The van der Waals surface area contributed by atoms with E-state index < -0.39 is 0 Å². The van der Waals surface area contributed by atoms with Gasteiger partial charge in [0, 0.05) is 35.2 Å². The molecule has 0 aliphatic heterocycles. The number of nitrogens with one attached hydrogen (secondary N) is 1. The summed E-state index contributed by atoms with van der Waals surface area (Å²) in [5.41, 5.74) is 1.24. The van der Waals surface area contributed by atoms with Gasteiger partial charge >= 0.3 is 0 Å². The summed E-state index contributed by atoms with van der Waals surface area (Å²) in [5, 5.41) is 9.66. The molecule has 0 spiro atoms. The van der Waals surface area contributed by atoms with Crippen molar-refractivity contribution in [3.8, 4) is 5.75 Å². The minimum atomic E-state index is 0.0717. The van der Waals surface area contributed by atoms with Crippen molar-refractivity contribution in [2.75, 3.05) is 13.6 Å². The van der Waals surface area contributed by atoms with Gasteiger partial charge in [-0.2, -0.15) is 11.3 Å². The first-order valence-corrected chi connectivity index (χ1v) is 7.99. The fourth-order valence-electron chi connectivity index (χ4n) is 2.38. The highest BCUT2D eigenvalue weighted by Gasteiger charge is 2.15. The zero-order valence-corrected chi connectivity index (χ0v) is 12.8. The fourth-order valence-corrected chi connectivity index (χ4v) is 3.08. The average molecular weight is 298 g/mol. The first-order chi connectivity index (χ1) is 10.4. The van der Waals surface area contributed by atoms with Crippen LogP contribution in [0.1, 0.15) is 18.1 Å². The van der Waals surface area contributed by atoms with E-state index in [0.29, 0.717) is 0 Å². The first-order valence-electron chi connectivity index (χ1n) is 7.04. The van der Waals surface area contributed by atoms with Crippen LogP contribution in [0.25, 0.3) is 10.8 Å². The summed E-state index contributed by atoms with van der Waals surface area (Å²) in [6.07, 6.45) is 4.69. The molecule has 4 heteroatoms. The molecule has 1 N–H and O–H groups in total. The molecular formula is C17H18N2OS. The molecule has 2 heterocycles. The Morgan fingerprint density at radius 1 is 1.29 bits per heavy atom. The Labute approximate surface area is 128 Å². The highest BCUT2D eigenvalue weighted by Crippen LogP contribution is 2.31. The Hall–Kier alpha value is -1.91. The van der Waals surface area contributed by atoms with Gasteiger partial charge in [0.25, 0.3) is 0 Å². The number of aromatic nitrogens is 1. The van der Waals surface area contributed by atoms with Crippen molar-refractivity contribution in [2.45, 2.75) is 12.5 Å². The smallest absolute Gasteiger partial charge is 0.128 e. The molecule has 1 atom stereocenters. The van der Waals surface area contributed by atoms with E-state index in [1.165, 1.54) is 5.56 Å². The summed E-state index contributed by atoms with van der Waals surface area (Å²) in [6, 6.07) is 10.2. The van der Waals surface area contributed by atoms with Crippen LogP contribution in [0.5, 0.6) is 5.75 Å². The Morgan fingerprint density at radius 2 is 2.24 bits per heavy atom. The second-order valence-electron chi connectivity index (χ2n) is 4.91. The molecule has 0 amide bonds. The van der Waals surface area contributed by atoms with Gasteiger partial charge in [0.05, 0.1) is 0 Å². The van der Waals surface area contributed by atoms with Gasteiger partial charge in [0.15, 0.2) is 0 Å². The summed E-state index contributed by atoms with van der Waals surface area (Å²) in [6.45, 7) is 0.923. The molecule has 0 aliphatic carbocycles. The summed E-state index contributed by atoms with van der Waals surface area (Å²) >= 11 is 1.71. The molecule has 2 aromatic heterocycles. The normalized spacial score (nSPS) is 12.4. The van der Waals surface area contributed by atoms with Gasteiger partial charge in [-0.25, -0.2) is 0 Å².